The molecule has 0 atom stereocenters. The molecule has 1 aliphatic carbocycles. The molecule has 1 saturated carbocycles. The number of aromatic nitrogens is 2. The van der Waals surface area contributed by atoms with Crippen molar-refractivity contribution in [3.05, 3.63) is 57.3 Å². The molecule has 0 aliphatic heterocycles. The van der Waals surface area contributed by atoms with Gasteiger partial charge in [0, 0.05) is 30.4 Å². The molecule has 4 rings (SSSR count). The third-order valence-electron chi connectivity index (χ3n) is 5.13. The monoisotopic (exact) mass is 416 g/mol. The molecule has 0 radical (unpaired) electrons. The minimum Gasteiger partial charge on any atom is -0.370 e. The van der Waals surface area contributed by atoms with Crippen molar-refractivity contribution in [2.75, 3.05) is 18.4 Å². The minimum absolute atomic E-state index is 0.136. The number of nitrogens with one attached hydrogen (secondary N) is 3. The van der Waals surface area contributed by atoms with Crippen LogP contribution in [-0.2, 0) is 6.42 Å². The fourth-order valence-electron chi connectivity index (χ4n) is 3.34. The fraction of sp³-hybridized carbons (Fsp3) is 0.333. The number of halogens is 2. The Hall–Kier alpha value is -2.24. The third kappa shape index (κ3) is 4.10. The highest BCUT2D eigenvalue weighted by Gasteiger charge is 2.20. The Bertz CT molecular complexity index is 1010. The van der Waals surface area contributed by atoms with Crippen LogP contribution in [0.1, 0.15) is 34.5 Å². The molecule has 3 aromatic rings. The number of carbonyl (C=O) groups excluding carboxylic acids is 1. The number of aromatic amines is 1. The van der Waals surface area contributed by atoms with Crippen LogP contribution in [0.15, 0.2) is 30.5 Å². The van der Waals surface area contributed by atoms with Crippen molar-refractivity contribution in [3.63, 3.8) is 0 Å². The second-order valence-corrected chi connectivity index (χ2v) is 8.08. The van der Waals surface area contributed by atoms with E-state index >= 15 is 0 Å². The lowest BCUT2D eigenvalue weighted by atomic mass is 10.1. The van der Waals surface area contributed by atoms with Gasteiger partial charge in [-0.05, 0) is 61.9 Å². The summed E-state index contributed by atoms with van der Waals surface area (Å²) in [5, 5.41) is 8.47. The SMILES string of the molecule is Cc1[nH]c2c(Cl)ccc(Cl)c2c1CCNC(=O)c1ccc(NCC2CC2)nc1. The predicted molar refractivity (Wildman–Crippen MR) is 115 cm³/mol. The van der Waals surface area contributed by atoms with E-state index in [2.05, 4.69) is 20.6 Å². The molecule has 0 bridgehead atoms. The molecule has 5 nitrogen and oxygen atoms in total. The maximum atomic E-state index is 12.4. The summed E-state index contributed by atoms with van der Waals surface area (Å²) in [4.78, 5) is 20.0. The van der Waals surface area contributed by atoms with E-state index in [0.29, 0.717) is 28.6 Å². The molecule has 7 heteroatoms. The van der Waals surface area contributed by atoms with Crippen molar-refractivity contribution in [2.24, 2.45) is 5.92 Å². The number of aryl methyl sites for hydroxylation is 1. The summed E-state index contributed by atoms with van der Waals surface area (Å²) < 4.78 is 0. The van der Waals surface area contributed by atoms with Crippen LogP contribution >= 0.6 is 23.2 Å². The van der Waals surface area contributed by atoms with Gasteiger partial charge in [-0.25, -0.2) is 4.98 Å². The van der Waals surface area contributed by atoms with Gasteiger partial charge in [0.1, 0.15) is 5.82 Å². The number of fused-ring (bicyclic) bond motifs is 1. The van der Waals surface area contributed by atoms with Gasteiger partial charge in [-0.15, -0.1) is 0 Å². The summed E-state index contributed by atoms with van der Waals surface area (Å²) in [6.45, 7) is 3.44. The van der Waals surface area contributed by atoms with E-state index in [9.17, 15) is 4.79 Å². The van der Waals surface area contributed by atoms with Gasteiger partial charge in [-0.1, -0.05) is 23.2 Å². The van der Waals surface area contributed by atoms with Gasteiger partial charge in [0.25, 0.3) is 5.91 Å². The van der Waals surface area contributed by atoms with Crippen molar-refractivity contribution in [2.45, 2.75) is 26.2 Å². The topological polar surface area (TPSA) is 69.8 Å². The maximum Gasteiger partial charge on any atom is 0.252 e. The Kier molecular flexibility index (Phi) is 5.47. The standard InChI is InChI=1S/C21H22Cl2N4O/c1-12-15(19-16(22)5-6-17(23)20(19)27-12)8-9-24-21(28)14-4-7-18(26-11-14)25-10-13-2-3-13/h4-7,11,13,27H,2-3,8-10H2,1H3,(H,24,28)(H,25,26). The number of H-pyrrole nitrogens is 1. The van der Waals surface area contributed by atoms with Gasteiger partial charge in [0.2, 0.25) is 0 Å². The van der Waals surface area contributed by atoms with Gasteiger partial charge in [0.15, 0.2) is 0 Å². The summed E-state index contributed by atoms with van der Waals surface area (Å²) in [7, 11) is 0. The maximum absolute atomic E-state index is 12.4. The normalized spacial score (nSPS) is 13.7. The lowest BCUT2D eigenvalue weighted by molar-refractivity contribution is 0.0954. The predicted octanol–water partition coefficient (Wildman–Crippen LogP) is 4.97. The zero-order valence-electron chi connectivity index (χ0n) is 15.6. The Morgan fingerprint density at radius 2 is 2.00 bits per heavy atom. The van der Waals surface area contributed by atoms with Gasteiger partial charge in [-0.3, -0.25) is 4.79 Å². The van der Waals surface area contributed by atoms with Crippen molar-refractivity contribution in [1.29, 1.82) is 0 Å². The summed E-state index contributed by atoms with van der Waals surface area (Å²) in [6.07, 6.45) is 4.85. The number of amides is 1. The molecule has 2 heterocycles. The number of hydrogen-bond donors (Lipinski definition) is 3. The Morgan fingerprint density at radius 1 is 1.21 bits per heavy atom. The van der Waals surface area contributed by atoms with Crippen LogP contribution < -0.4 is 10.6 Å². The molecule has 0 saturated heterocycles. The number of rotatable bonds is 7. The number of carbonyl (C=O) groups is 1. The Morgan fingerprint density at radius 3 is 2.71 bits per heavy atom. The molecule has 3 N–H and O–H groups in total. The van der Waals surface area contributed by atoms with Crippen molar-refractivity contribution >= 4 is 45.8 Å². The van der Waals surface area contributed by atoms with Gasteiger partial charge < -0.3 is 15.6 Å². The average Bonchev–Trinajstić information content (AvgIpc) is 3.46. The summed E-state index contributed by atoms with van der Waals surface area (Å²) in [5.41, 5.74) is 3.47. The average molecular weight is 417 g/mol. The smallest absolute Gasteiger partial charge is 0.252 e. The molecular formula is C21H22Cl2N4O. The summed E-state index contributed by atoms with van der Waals surface area (Å²) >= 11 is 12.6. The first-order valence-corrected chi connectivity index (χ1v) is 10.2. The van der Waals surface area contributed by atoms with E-state index in [0.717, 1.165) is 40.4 Å². The van der Waals surface area contributed by atoms with E-state index in [1.165, 1.54) is 12.8 Å². The van der Waals surface area contributed by atoms with Crippen molar-refractivity contribution in [1.82, 2.24) is 15.3 Å². The lowest BCUT2D eigenvalue weighted by Crippen LogP contribution is -2.26. The molecule has 2 aromatic heterocycles. The van der Waals surface area contributed by atoms with Crippen LogP contribution in [0.5, 0.6) is 0 Å². The quantitative estimate of drug-likeness (QED) is 0.508. The Balaban J connectivity index is 1.37. The van der Waals surface area contributed by atoms with E-state index in [-0.39, 0.29) is 5.91 Å². The number of anilines is 1. The first-order valence-electron chi connectivity index (χ1n) is 9.46. The largest absolute Gasteiger partial charge is 0.370 e. The van der Waals surface area contributed by atoms with E-state index in [1.54, 1.807) is 24.4 Å². The number of pyridine rings is 1. The van der Waals surface area contributed by atoms with Crippen LogP contribution in [0.25, 0.3) is 10.9 Å². The number of benzene rings is 1. The molecule has 0 unspecified atom stereocenters. The molecule has 1 aromatic carbocycles. The van der Waals surface area contributed by atoms with Crippen LogP contribution in [-0.4, -0.2) is 29.0 Å². The Labute approximate surface area is 173 Å². The van der Waals surface area contributed by atoms with Crippen molar-refractivity contribution < 1.29 is 4.79 Å². The van der Waals surface area contributed by atoms with Crippen molar-refractivity contribution in [3.8, 4) is 0 Å². The first-order chi connectivity index (χ1) is 13.5. The zero-order chi connectivity index (χ0) is 19.7. The molecule has 1 fully saturated rings. The van der Waals surface area contributed by atoms with Crippen LogP contribution in [0.2, 0.25) is 10.0 Å². The van der Waals surface area contributed by atoms with Gasteiger partial charge in [-0.2, -0.15) is 0 Å². The zero-order valence-corrected chi connectivity index (χ0v) is 17.1. The molecule has 1 amide bonds. The minimum atomic E-state index is -0.136. The fourth-order valence-corrected chi connectivity index (χ4v) is 3.82. The van der Waals surface area contributed by atoms with Crippen LogP contribution in [0, 0.1) is 12.8 Å². The third-order valence-corrected chi connectivity index (χ3v) is 5.76. The lowest BCUT2D eigenvalue weighted by Gasteiger charge is -2.08. The highest BCUT2D eigenvalue weighted by Crippen LogP contribution is 2.34. The number of nitrogens with zero attached hydrogens (tertiary/aromatic N) is 1. The van der Waals surface area contributed by atoms with Crippen LogP contribution in [0.4, 0.5) is 5.82 Å². The highest BCUT2D eigenvalue weighted by molar-refractivity contribution is 6.40. The van der Waals surface area contributed by atoms with Gasteiger partial charge in [0.05, 0.1) is 21.1 Å². The van der Waals surface area contributed by atoms with E-state index in [1.807, 2.05) is 13.0 Å². The first kappa shape index (κ1) is 19.1. The van der Waals surface area contributed by atoms with Crippen LogP contribution in [0.3, 0.4) is 0 Å². The second kappa shape index (κ2) is 8.02. The molecule has 0 spiro atoms. The molecule has 146 valence electrons. The molecule has 1 aliphatic rings. The highest BCUT2D eigenvalue weighted by atomic mass is 35.5. The molecule has 28 heavy (non-hydrogen) atoms. The number of hydrogen-bond acceptors (Lipinski definition) is 3. The molecular weight excluding hydrogens is 395 g/mol. The van der Waals surface area contributed by atoms with E-state index < -0.39 is 0 Å². The summed E-state index contributed by atoms with van der Waals surface area (Å²) in [6, 6.07) is 7.23. The second-order valence-electron chi connectivity index (χ2n) is 7.27. The van der Waals surface area contributed by atoms with E-state index in [4.69, 9.17) is 23.2 Å². The summed E-state index contributed by atoms with van der Waals surface area (Å²) in [5.74, 6) is 1.45. The van der Waals surface area contributed by atoms with Gasteiger partial charge >= 0.3 is 0 Å².